The Morgan fingerprint density at radius 2 is 1.50 bits per heavy atom. The second-order valence-electron chi connectivity index (χ2n) is 4.28. The Labute approximate surface area is 104 Å². The fourth-order valence-electron chi connectivity index (χ4n) is 1.49. The molecule has 0 spiro atoms. The Balaban J connectivity index is -0.000000125. The summed E-state index contributed by atoms with van der Waals surface area (Å²) in [5.74, 6) is 0. The zero-order chi connectivity index (χ0) is 7.61. The molecule has 1 atom stereocenters. The van der Waals surface area contributed by atoms with E-state index >= 15 is 0 Å². The average molecular weight is 369 g/mol. The zero-order valence-electron chi connectivity index (χ0n) is 9.53. The van der Waals surface area contributed by atoms with E-state index in [2.05, 4.69) is 26.1 Å². The Hall–Kier alpha value is 0.580. The summed E-state index contributed by atoms with van der Waals surface area (Å²) in [5, 5.41) is 4.60. The molecule has 1 radical (unpaired) electrons. The minimum atomic E-state index is 0. The van der Waals surface area contributed by atoms with Gasteiger partial charge in [-0.25, -0.2) is 0 Å². The van der Waals surface area contributed by atoms with Crippen LogP contribution in [-0.2, 0) is 22.4 Å². The minimum Gasteiger partial charge on any atom is -0.693 e. The molecule has 1 fully saturated rings. The zero-order valence-corrected chi connectivity index (χ0v) is 12.7. The second kappa shape index (κ2) is 10.1. The molecule has 4 nitrogen and oxygen atoms in total. The van der Waals surface area contributed by atoms with E-state index in [1.54, 1.807) is 0 Å². The first-order valence-electron chi connectivity index (χ1n) is 4.27. The Morgan fingerprint density at radius 3 is 1.71 bits per heavy atom. The van der Waals surface area contributed by atoms with Gasteiger partial charge in [0.1, 0.15) is 0 Å². The summed E-state index contributed by atoms with van der Waals surface area (Å²) in [5.41, 5.74) is 0.403. The van der Waals surface area contributed by atoms with Crippen molar-refractivity contribution in [1.82, 2.24) is 0 Å². The van der Waals surface area contributed by atoms with E-state index in [0.29, 0.717) is 11.5 Å². The van der Waals surface area contributed by atoms with Crippen molar-refractivity contribution in [2.24, 2.45) is 5.41 Å². The average Bonchev–Trinajstić information content (AvgIpc) is 1.88. The van der Waals surface area contributed by atoms with E-state index in [1.807, 2.05) is 0 Å². The molecule has 1 unspecified atom stereocenters. The number of nitrogens with two attached hydrogens (primary N) is 3. The van der Waals surface area contributed by atoms with Gasteiger partial charge in [-0.05, 0) is 0 Å². The van der Waals surface area contributed by atoms with Crippen LogP contribution in [0.1, 0.15) is 40.0 Å². The van der Waals surface area contributed by atoms with Crippen molar-refractivity contribution in [3.05, 3.63) is 23.8 Å². The summed E-state index contributed by atoms with van der Waals surface area (Å²) < 4.78 is 0. The van der Waals surface area contributed by atoms with Crippen LogP contribution in [0.2, 0.25) is 0 Å². The number of hydrogen-bond acceptors (Lipinski definition) is 0. The molecule has 0 aromatic carbocycles. The molecule has 1 rings (SSSR count). The van der Waals surface area contributed by atoms with Gasteiger partial charge in [0, 0.05) is 22.4 Å². The summed E-state index contributed by atoms with van der Waals surface area (Å²) in [4.78, 5) is 0. The first kappa shape index (κ1) is 24.0. The van der Waals surface area contributed by atoms with E-state index in [9.17, 15) is 0 Å². The summed E-state index contributed by atoms with van der Waals surface area (Å²) in [6.45, 7) is 7.95. The van der Waals surface area contributed by atoms with Crippen LogP contribution in [0.25, 0.3) is 23.8 Å². The molecule has 0 bridgehead atoms. The quantitative estimate of drug-likeness (QED) is 0.565. The van der Waals surface area contributed by atoms with Crippen LogP contribution in [-0.4, -0.2) is 12.6 Å². The first-order chi connectivity index (χ1) is 4.61. The third-order valence-corrected chi connectivity index (χ3v) is 2.23. The van der Waals surface area contributed by atoms with Crippen LogP contribution in [0.4, 0.5) is 0 Å². The van der Waals surface area contributed by atoms with Crippen molar-refractivity contribution in [2.45, 2.75) is 46.1 Å². The van der Waals surface area contributed by atoms with Gasteiger partial charge in [0.2, 0.25) is 0 Å². The summed E-state index contributed by atoms with van der Waals surface area (Å²) >= 11 is 0. The molecule has 0 aromatic rings. The standard InChI is InChI=1S/C9H18N.3H2N.Ta/c1-9(2,3)8-6-4-5-7-10-8;;;;/h8H,4-7H2,1-3H3;3*1H2;/q4*-1;. The Morgan fingerprint density at radius 1 is 1.00 bits per heavy atom. The SMILES string of the molecule is CC(C)(C)C1CCCC[N-]1.[NH2-].[NH2-].[NH2-].[Ta]. The number of hydrogen-bond donors (Lipinski definition) is 0. The van der Waals surface area contributed by atoms with Gasteiger partial charge < -0.3 is 23.8 Å². The molecule has 0 amide bonds. The van der Waals surface area contributed by atoms with E-state index in [1.165, 1.54) is 19.3 Å². The predicted octanol–water partition coefficient (Wildman–Crippen LogP) is 5.11. The molecule has 1 heterocycles. The molecule has 5 heteroatoms. The summed E-state index contributed by atoms with van der Waals surface area (Å²) in [7, 11) is 0. The summed E-state index contributed by atoms with van der Waals surface area (Å²) in [6, 6.07) is 0.626. The molecular formula is C9H24N4Ta-4. The summed E-state index contributed by atoms with van der Waals surface area (Å²) in [6.07, 6.45) is 4.00. The number of rotatable bonds is 0. The third-order valence-electron chi connectivity index (χ3n) is 2.23. The van der Waals surface area contributed by atoms with Crippen molar-refractivity contribution in [3.8, 4) is 0 Å². The molecule has 89 valence electrons. The normalized spacial score (nSPS) is 20.4. The predicted molar refractivity (Wildman–Crippen MR) is 61.2 cm³/mol. The van der Waals surface area contributed by atoms with Gasteiger partial charge in [-0.1, -0.05) is 45.4 Å². The number of piperidine rings is 1. The van der Waals surface area contributed by atoms with E-state index in [0.717, 1.165) is 6.54 Å². The molecule has 6 N–H and O–H groups in total. The van der Waals surface area contributed by atoms with Crippen LogP contribution in [0.3, 0.4) is 0 Å². The van der Waals surface area contributed by atoms with Crippen molar-refractivity contribution in [2.75, 3.05) is 6.54 Å². The molecule has 14 heavy (non-hydrogen) atoms. The van der Waals surface area contributed by atoms with Gasteiger partial charge >= 0.3 is 0 Å². The van der Waals surface area contributed by atoms with Crippen molar-refractivity contribution in [3.63, 3.8) is 0 Å². The largest absolute Gasteiger partial charge is 0.693 e. The van der Waals surface area contributed by atoms with Crippen LogP contribution >= 0.6 is 0 Å². The maximum absolute atomic E-state index is 4.60. The van der Waals surface area contributed by atoms with Gasteiger partial charge in [-0.15, -0.1) is 12.6 Å². The molecule has 0 saturated carbocycles. The van der Waals surface area contributed by atoms with Crippen LogP contribution < -0.4 is 0 Å². The van der Waals surface area contributed by atoms with Crippen LogP contribution in [0.5, 0.6) is 0 Å². The topological polar surface area (TPSA) is 115 Å². The van der Waals surface area contributed by atoms with E-state index in [4.69, 9.17) is 0 Å². The smallest absolute Gasteiger partial charge is 0 e. The van der Waals surface area contributed by atoms with Crippen LogP contribution in [0.15, 0.2) is 0 Å². The van der Waals surface area contributed by atoms with Gasteiger partial charge in [0.05, 0.1) is 0 Å². The van der Waals surface area contributed by atoms with Gasteiger partial charge in [-0.2, -0.15) is 0 Å². The molecule has 1 saturated heterocycles. The van der Waals surface area contributed by atoms with Gasteiger partial charge in [0.25, 0.3) is 0 Å². The fraction of sp³-hybridized carbons (Fsp3) is 1.00. The maximum Gasteiger partial charge on any atom is 0 e. The third kappa shape index (κ3) is 7.94. The molecule has 1 aliphatic rings. The first-order valence-corrected chi connectivity index (χ1v) is 4.27. The fourth-order valence-corrected chi connectivity index (χ4v) is 1.49. The molecule has 0 aromatic heterocycles. The minimum absolute atomic E-state index is 0. The molecular weight excluding hydrogens is 345 g/mol. The monoisotopic (exact) mass is 369 g/mol. The van der Waals surface area contributed by atoms with Gasteiger partial charge in [-0.3, -0.25) is 0 Å². The Bertz CT molecular complexity index is 108. The Kier molecular flexibility index (Phi) is 17.3. The molecule has 0 aliphatic carbocycles. The van der Waals surface area contributed by atoms with Crippen molar-refractivity contribution in [1.29, 1.82) is 0 Å². The number of nitrogens with zero attached hydrogens (tertiary/aromatic N) is 1. The van der Waals surface area contributed by atoms with Crippen LogP contribution in [0, 0.1) is 5.41 Å². The molecule has 1 aliphatic heterocycles. The van der Waals surface area contributed by atoms with Gasteiger partial charge in [0.15, 0.2) is 0 Å². The van der Waals surface area contributed by atoms with Crippen molar-refractivity contribution >= 4 is 0 Å². The van der Waals surface area contributed by atoms with Crippen molar-refractivity contribution < 1.29 is 22.4 Å². The second-order valence-corrected chi connectivity index (χ2v) is 4.28. The van der Waals surface area contributed by atoms with E-state index in [-0.39, 0.29) is 40.8 Å². The maximum atomic E-state index is 4.60. The van der Waals surface area contributed by atoms with E-state index < -0.39 is 0 Å².